The van der Waals surface area contributed by atoms with Gasteiger partial charge in [0.1, 0.15) is 0 Å². The van der Waals surface area contributed by atoms with E-state index in [9.17, 15) is 9.59 Å². The fraction of sp³-hybridized carbons (Fsp3) is 0.471. The first-order valence-corrected chi connectivity index (χ1v) is 7.98. The van der Waals surface area contributed by atoms with Gasteiger partial charge in [-0.2, -0.15) is 0 Å². The van der Waals surface area contributed by atoms with Gasteiger partial charge >= 0.3 is 11.9 Å². The molecule has 0 amide bonds. The second-order valence-electron chi connectivity index (χ2n) is 6.01. The van der Waals surface area contributed by atoms with Crippen molar-refractivity contribution >= 4 is 17.6 Å². The molecule has 2 bridgehead atoms. The predicted molar refractivity (Wildman–Crippen MR) is 90.1 cm³/mol. The summed E-state index contributed by atoms with van der Waals surface area (Å²) in [5.74, 6) is -2.51. The van der Waals surface area contributed by atoms with E-state index < -0.39 is 11.9 Å². The number of fused-ring (bicyclic) bond motifs is 2. The molecule has 0 aliphatic carbocycles. The maximum absolute atomic E-state index is 9.55. The number of carboxylic acid groups (broad SMARTS) is 2. The summed E-state index contributed by atoms with van der Waals surface area (Å²) in [5.41, 5.74) is 1.28. The number of rotatable bonds is 3. The van der Waals surface area contributed by atoms with Crippen molar-refractivity contribution in [3.8, 4) is 0 Å². The van der Waals surface area contributed by atoms with Gasteiger partial charge in [0.05, 0.1) is 11.9 Å². The van der Waals surface area contributed by atoms with Gasteiger partial charge in [0.15, 0.2) is 0 Å². The fourth-order valence-electron chi connectivity index (χ4n) is 3.23. The van der Waals surface area contributed by atoms with Crippen molar-refractivity contribution in [2.45, 2.75) is 31.3 Å². The van der Waals surface area contributed by atoms with Crippen molar-refractivity contribution in [3.05, 3.63) is 36.7 Å². The molecule has 3 heterocycles. The minimum absolute atomic E-state index is 0.558. The number of nitrogens with zero attached hydrogens (tertiary/aromatic N) is 3. The molecule has 2 aliphatic rings. The summed E-state index contributed by atoms with van der Waals surface area (Å²) in [6, 6.07) is 5.76. The summed E-state index contributed by atoms with van der Waals surface area (Å²) >= 11 is 0. The quantitative estimate of drug-likeness (QED) is 0.809. The second kappa shape index (κ2) is 8.44. The second-order valence-corrected chi connectivity index (χ2v) is 6.01. The van der Waals surface area contributed by atoms with E-state index in [1.54, 1.807) is 0 Å². The number of hydrogen-bond donors (Lipinski definition) is 2. The third kappa shape index (κ3) is 5.06. The summed E-state index contributed by atoms with van der Waals surface area (Å²) < 4.78 is 0. The first-order chi connectivity index (χ1) is 11.5. The average Bonchev–Trinajstić information content (AvgIpc) is 2.79. The van der Waals surface area contributed by atoms with Crippen LogP contribution in [0.25, 0.3) is 0 Å². The van der Waals surface area contributed by atoms with Gasteiger partial charge in [-0.1, -0.05) is 0 Å². The molecule has 0 saturated carbocycles. The van der Waals surface area contributed by atoms with Crippen LogP contribution < -0.4 is 4.90 Å². The third-order valence-corrected chi connectivity index (χ3v) is 4.53. The predicted octanol–water partition coefficient (Wildman–Crippen LogP) is 1.47. The maximum atomic E-state index is 9.55. The monoisotopic (exact) mass is 333 g/mol. The van der Waals surface area contributed by atoms with Crippen molar-refractivity contribution in [1.29, 1.82) is 0 Å². The number of hydrogen-bond acceptors (Lipinski definition) is 5. The van der Waals surface area contributed by atoms with Crippen LogP contribution in [0.2, 0.25) is 0 Å². The minimum atomic E-state index is -1.26. The summed E-state index contributed by atoms with van der Waals surface area (Å²) in [5, 5.41) is 15.6. The standard InChI is InChI=1S/C13H19N3.C4H4O4/c1-15-11-4-5-13(15)10-16(8-6-11)12-3-2-7-14-9-12;5-3(6)1-2-4(7)8/h2-3,7,9,11,13H,4-6,8,10H2,1H3;1-2H,(H,5,6)(H,7,8)/b;2-1+. The molecule has 3 rings (SSSR count). The van der Waals surface area contributed by atoms with Crippen molar-refractivity contribution in [3.63, 3.8) is 0 Å². The van der Waals surface area contributed by atoms with Gasteiger partial charge in [-0.3, -0.25) is 9.88 Å². The van der Waals surface area contributed by atoms with Crippen LogP contribution in [-0.2, 0) is 9.59 Å². The Kier molecular flexibility index (Phi) is 6.31. The molecule has 2 saturated heterocycles. The Morgan fingerprint density at radius 2 is 1.83 bits per heavy atom. The van der Waals surface area contributed by atoms with E-state index in [-0.39, 0.29) is 0 Å². The van der Waals surface area contributed by atoms with E-state index in [0.717, 1.165) is 12.1 Å². The third-order valence-electron chi connectivity index (χ3n) is 4.53. The molecule has 0 radical (unpaired) electrons. The lowest BCUT2D eigenvalue weighted by Crippen LogP contribution is -2.36. The highest BCUT2D eigenvalue weighted by atomic mass is 16.4. The Morgan fingerprint density at radius 3 is 2.42 bits per heavy atom. The van der Waals surface area contributed by atoms with E-state index in [1.165, 1.54) is 38.0 Å². The van der Waals surface area contributed by atoms with Gasteiger partial charge in [0, 0.05) is 43.5 Å². The van der Waals surface area contributed by atoms with Gasteiger partial charge in [-0.25, -0.2) is 9.59 Å². The van der Waals surface area contributed by atoms with Gasteiger partial charge in [-0.15, -0.1) is 0 Å². The fourth-order valence-corrected chi connectivity index (χ4v) is 3.23. The molecule has 2 aliphatic heterocycles. The highest BCUT2D eigenvalue weighted by molar-refractivity contribution is 5.89. The number of carboxylic acids is 2. The van der Waals surface area contributed by atoms with Crippen molar-refractivity contribution in [1.82, 2.24) is 9.88 Å². The van der Waals surface area contributed by atoms with E-state index in [1.807, 2.05) is 18.5 Å². The van der Waals surface area contributed by atoms with Crippen LogP contribution >= 0.6 is 0 Å². The molecule has 130 valence electrons. The van der Waals surface area contributed by atoms with Crippen LogP contribution in [0.15, 0.2) is 36.7 Å². The van der Waals surface area contributed by atoms with Crippen molar-refractivity contribution in [2.24, 2.45) is 0 Å². The highest BCUT2D eigenvalue weighted by Gasteiger charge is 2.34. The number of likely N-dealkylation sites (N-methyl/N-ethyl adjacent to an activating group) is 1. The molecule has 1 aromatic heterocycles. The van der Waals surface area contributed by atoms with Gasteiger partial charge in [-0.05, 0) is 38.4 Å². The molecule has 24 heavy (non-hydrogen) atoms. The van der Waals surface area contributed by atoms with E-state index >= 15 is 0 Å². The van der Waals surface area contributed by atoms with Crippen LogP contribution in [0.1, 0.15) is 19.3 Å². The molecule has 7 heteroatoms. The molecular weight excluding hydrogens is 310 g/mol. The van der Waals surface area contributed by atoms with Crippen molar-refractivity contribution < 1.29 is 19.8 Å². The SMILES string of the molecule is CN1C2CCC1CN(c1cccnc1)CC2.O=C(O)/C=C/C(=O)O. The molecule has 7 nitrogen and oxygen atoms in total. The average molecular weight is 333 g/mol. The maximum Gasteiger partial charge on any atom is 0.328 e. The summed E-state index contributed by atoms with van der Waals surface area (Å²) in [4.78, 5) is 28.4. The van der Waals surface area contributed by atoms with Gasteiger partial charge in [0.25, 0.3) is 0 Å². The van der Waals surface area contributed by atoms with Gasteiger partial charge < -0.3 is 15.1 Å². The Labute approximate surface area is 141 Å². The summed E-state index contributed by atoms with van der Waals surface area (Å²) in [6.45, 7) is 2.34. The lowest BCUT2D eigenvalue weighted by molar-refractivity contribution is -0.134. The molecule has 2 unspecified atom stereocenters. The molecular formula is C17H23N3O4. The minimum Gasteiger partial charge on any atom is -0.478 e. The zero-order valence-corrected chi connectivity index (χ0v) is 13.7. The zero-order valence-electron chi connectivity index (χ0n) is 13.7. The Morgan fingerprint density at radius 1 is 1.17 bits per heavy atom. The Hall–Kier alpha value is -2.41. The number of pyridine rings is 1. The Bertz CT molecular complexity index is 575. The largest absolute Gasteiger partial charge is 0.478 e. The molecule has 2 N–H and O–H groups in total. The lowest BCUT2D eigenvalue weighted by Gasteiger charge is -2.27. The van der Waals surface area contributed by atoms with Crippen molar-refractivity contribution in [2.75, 3.05) is 25.0 Å². The number of aromatic nitrogens is 1. The molecule has 2 atom stereocenters. The summed E-state index contributed by atoms with van der Waals surface area (Å²) in [7, 11) is 2.29. The van der Waals surface area contributed by atoms with Crippen LogP contribution in [0.4, 0.5) is 5.69 Å². The van der Waals surface area contributed by atoms with E-state index in [2.05, 4.69) is 27.9 Å². The van der Waals surface area contributed by atoms with Gasteiger partial charge in [0.2, 0.25) is 0 Å². The van der Waals surface area contributed by atoms with Crippen LogP contribution in [0.3, 0.4) is 0 Å². The van der Waals surface area contributed by atoms with E-state index in [4.69, 9.17) is 10.2 Å². The Balaban J connectivity index is 0.000000224. The van der Waals surface area contributed by atoms with Crippen LogP contribution in [0.5, 0.6) is 0 Å². The summed E-state index contributed by atoms with van der Waals surface area (Å²) in [6.07, 6.45) is 8.99. The molecule has 1 aromatic rings. The number of carbonyl (C=O) groups is 2. The topological polar surface area (TPSA) is 94.0 Å². The van der Waals surface area contributed by atoms with Crippen LogP contribution in [0, 0.1) is 0 Å². The van der Waals surface area contributed by atoms with E-state index in [0.29, 0.717) is 12.2 Å². The zero-order chi connectivity index (χ0) is 17.5. The first kappa shape index (κ1) is 17.9. The normalized spacial score (nSPS) is 23.5. The lowest BCUT2D eigenvalue weighted by atomic mass is 10.1. The first-order valence-electron chi connectivity index (χ1n) is 7.98. The molecule has 2 fully saturated rings. The molecule has 0 spiro atoms. The smallest absolute Gasteiger partial charge is 0.328 e. The number of anilines is 1. The number of aliphatic carboxylic acids is 2. The highest BCUT2D eigenvalue weighted by Crippen LogP contribution is 2.30. The van der Waals surface area contributed by atoms with Crippen LogP contribution in [-0.4, -0.2) is 64.3 Å². The molecule has 0 aromatic carbocycles.